The number of piperidine rings is 1. The summed E-state index contributed by atoms with van der Waals surface area (Å²) in [6, 6.07) is 20.2. The Balaban J connectivity index is 1.50. The molecule has 2 aromatic rings. The molecule has 1 aliphatic heterocycles. The summed E-state index contributed by atoms with van der Waals surface area (Å²) in [4.78, 5) is 2.42. The van der Waals surface area contributed by atoms with Crippen LogP contribution in [-0.2, 0) is 0 Å². The third kappa shape index (κ3) is 4.10. The van der Waals surface area contributed by atoms with E-state index in [9.17, 15) is 0 Å². The number of hydrogen-bond donors (Lipinski definition) is 0. The van der Waals surface area contributed by atoms with Crippen molar-refractivity contribution in [1.82, 2.24) is 4.90 Å². The van der Waals surface area contributed by atoms with E-state index in [1.165, 1.54) is 5.70 Å². The Morgan fingerprint density at radius 1 is 0.846 bits per heavy atom. The number of rotatable bonds is 5. The quantitative estimate of drug-likeness (QED) is 0.745. The molecule has 4 rings (SSSR count). The zero-order valence-corrected chi connectivity index (χ0v) is 15.0. The van der Waals surface area contributed by atoms with Gasteiger partial charge in [0.25, 0.3) is 0 Å². The van der Waals surface area contributed by atoms with Gasteiger partial charge in [-0.3, -0.25) is 0 Å². The third-order valence-corrected chi connectivity index (χ3v) is 4.93. The van der Waals surface area contributed by atoms with Gasteiger partial charge in [0.2, 0.25) is 0 Å². The van der Waals surface area contributed by atoms with E-state index in [0.29, 0.717) is 0 Å². The first kappa shape index (κ1) is 16.8. The van der Waals surface area contributed by atoms with Gasteiger partial charge in [-0.2, -0.15) is 0 Å². The third-order valence-electron chi connectivity index (χ3n) is 4.93. The van der Waals surface area contributed by atoms with Crippen molar-refractivity contribution in [3.05, 3.63) is 84.6 Å². The Kier molecular flexibility index (Phi) is 5.25. The number of benzene rings is 2. The van der Waals surface area contributed by atoms with Crippen LogP contribution in [0.4, 0.5) is 0 Å². The maximum absolute atomic E-state index is 6.37. The van der Waals surface area contributed by atoms with Crippen LogP contribution in [0, 0.1) is 0 Å². The number of nitrogens with zero attached hydrogens (tertiary/aromatic N) is 1. The number of ether oxygens (including phenoxy) is 2. The molecule has 1 saturated heterocycles. The van der Waals surface area contributed by atoms with Crippen molar-refractivity contribution in [1.29, 1.82) is 0 Å². The van der Waals surface area contributed by atoms with Crippen LogP contribution in [0.1, 0.15) is 25.7 Å². The normalized spacial score (nSPS) is 22.6. The fourth-order valence-corrected chi connectivity index (χ4v) is 3.62. The maximum atomic E-state index is 6.37. The van der Waals surface area contributed by atoms with Crippen LogP contribution < -0.4 is 9.47 Å². The molecule has 1 heterocycles. The SMILES string of the molecule is C1=CCCC(N2CCC(Oc3ccccc3)CC2Oc2ccccc2)=C1. The molecule has 0 saturated carbocycles. The second-order valence-corrected chi connectivity index (χ2v) is 6.78. The molecule has 2 aromatic carbocycles. The highest BCUT2D eigenvalue weighted by Gasteiger charge is 2.32. The summed E-state index contributed by atoms with van der Waals surface area (Å²) in [6.07, 6.45) is 10.8. The highest BCUT2D eigenvalue weighted by Crippen LogP contribution is 2.30. The lowest BCUT2D eigenvalue weighted by molar-refractivity contribution is -0.0272. The first-order chi connectivity index (χ1) is 12.9. The summed E-state index contributed by atoms with van der Waals surface area (Å²) < 4.78 is 12.6. The number of para-hydroxylation sites is 2. The van der Waals surface area contributed by atoms with Gasteiger partial charge in [0.15, 0.2) is 6.23 Å². The van der Waals surface area contributed by atoms with E-state index < -0.39 is 0 Å². The van der Waals surface area contributed by atoms with Gasteiger partial charge in [0.1, 0.15) is 17.6 Å². The molecule has 0 amide bonds. The molecule has 134 valence electrons. The van der Waals surface area contributed by atoms with E-state index in [0.717, 1.165) is 43.7 Å². The van der Waals surface area contributed by atoms with Gasteiger partial charge in [0.05, 0.1) is 0 Å². The second kappa shape index (κ2) is 8.13. The molecule has 26 heavy (non-hydrogen) atoms. The summed E-state index contributed by atoms with van der Waals surface area (Å²) in [5.74, 6) is 1.85. The van der Waals surface area contributed by atoms with Crippen molar-refractivity contribution in [3.8, 4) is 11.5 Å². The lowest BCUT2D eigenvalue weighted by Gasteiger charge is -2.42. The molecule has 0 bridgehead atoms. The van der Waals surface area contributed by atoms with Crippen LogP contribution in [0.5, 0.6) is 11.5 Å². The molecule has 3 nitrogen and oxygen atoms in total. The van der Waals surface area contributed by atoms with Crippen LogP contribution in [0.25, 0.3) is 0 Å². The lowest BCUT2D eigenvalue weighted by atomic mass is 10.0. The molecule has 1 fully saturated rings. The Labute approximate surface area is 155 Å². The van der Waals surface area contributed by atoms with Crippen molar-refractivity contribution in [2.24, 2.45) is 0 Å². The summed E-state index contributed by atoms with van der Waals surface area (Å²) in [5.41, 5.74) is 1.37. The van der Waals surface area contributed by atoms with E-state index in [-0.39, 0.29) is 12.3 Å². The van der Waals surface area contributed by atoms with E-state index >= 15 is 0 Å². The summed E-state index contributed by atoms with van der Waals surface area (Å²) >= 11 is 0. The zero-order chi connectivity index (χ0) is 17.6. The minimum absolute atomic E-state index is 0.00221. The molecule has 0 radical (unpaired) electrons. The minimum atomic E-state index is -0.00221. The van der Waals surface area contributed by atoms with Gasteiger partial charge in [-0.15, -0.1) is 0 Å². The molecule has 3 heteroatoms. The monoisotopic (exact) mass is 347 g/mol. The van der Waals surface area contributed by atoms with Crippen LogP contribution in [0.3, 0.4) is 0 Å². The van der Waals surface area contributed by atoms with E-state index in [4.69, 9.17) is 9.47 Å². The van der Waals surface area contributed by atoms with Gasteiger partial charge < -0.3 is 14.4 Å². The largest absolute Gasteiger partial charge is 0.490 e. The average molecular weight is 347 g/mol. The maximum Gasteiger partial charge on any atom is 0.175 e. The predicted molar refractivity (Wildman–Crippen MR) is 104 cm³/mol. The first-order valence-corrected chi connectivity index (χ1v) is 9.44. The van der Waals surface area contributed by atoms with E-state index in [1.54, 1.807) is 0 Å². The van der Waals surface area contributed by atoms with Gasteiger partial charge in [-0.1, -0.05) is 48.6 Å². The van der Waals surface area contributed by atoms with Crippen molar-refractivity contribution < 1.29 is 9.47 Å². The zero-order valence-electron chi connectivity index (χ0n) is 15.0. The Morgan fingerprint density at radius 2 is 1.54 bits per heavy atom. The van der Waals surface area contributed by atoms with Crippen molar-refractivity contribution >= 4 is 0 Å². The van der Waals surface area contributed by atoms with E-state index in [2.05, 4.69) is 23.1 Å². The molecule has 2 aliphatic rings. The predicted octanol–water partition coefficient (Wildman–Crippen LogP) is 5.17. The van der Waals surface area contributed by atoms with Gasteiger partial charge in [-0.25, -0.2) is 0 Å². The number of hydrogen-bond acceptors (Lipinski definition) is 3. The summed E-state index contributed by atoms with van der Waals surface area (Å²) in [7, 11) is 0. The Morgan fingerprint density at radius 3 is 2.19 bits per heavy atom. The van der Waals surface area contributed by atoms with Crippen LogP contribution >= 0.6 is 0 Å². The molecule has 2 atom stereocenters. The van der Waals surface area contributed by atoms with Crippen molar-refractivity contribution in [3.63, 3.8) is 0 Å². The van der Waals surface area contributed by atoms with Crippen LogP contribution in [0.2, 0.25) is 0 Å². The highest BCUT2D eigenvalue weighted by atomic mass is 16.5. The summed E-state index contributed by atoms with van der Waals surface area (Å²) in [6.45, 7) is 0.953. The molecule has 2 unspecified atom stereocenters. The van der Waals surface area contributed by atoms with Crippen LogP contribution in [0.15, 0.2) is 84.6 Å². The highest BCUT2D eigenvalue weighted by molar-refractivity contribution is 5.24. The Hall–Kier alpha value is -2.68. The molecule has 0 N–H and O–H groups in total. The van der Waals surface area contributed by atoms with Crippen LogP contribution in [-0.4, -0.2) is 23.8 Å². The molecular formula is C23H25NO2. The number of allylic oxidation sites excluding steroid dienone is 4. The van der Waals surface area contributed by atoms with Crippen molar-refractivity contribution in [2.45, 2.75) is 38.0 Å². The first-order valence-electron chi connectivity index (χ1n) is 9.44. The average Bonchev–Trinajstić information content (AvgIpc) is 2.70. The van der Waals surface area contributed by atoms with Gasteiger partial charge >= 0.3 is 0 Å². The number of likely N-dealkylation sites (tertiary alicyclic amines) is 1. The van der Waals surface area contributed by atoms with Crippen molar-refractivity contribution in [2.75, 3.05) is 6.54 Å². The summed E-state index contributed by atoms with van der Waals surface area (Å²) in [5, 5.41) is 0. The molecular weight excluding hydrogens is 322 g/mol. The molecule has 1 aliphatic carbocycles. The van der Waals surface area contributed by atoms with Gasteiger partial charge in [-0.05, 0) is 43.2 Å². The standard InChI is InChI=1S/C23H25NO2/c1-4-10-19(11-5-1)24-17-16-22(25-20-12-6-2-7-13-20)18-23(24)26-21-14-8-3-9-15-21/h1-4,6-10,12-15,22-23H,5,11,16-18H2. The lowest BCUT2D eigenvalue weighted by Crippen LogP contribution is -2.48. The molecule has 0 spiro atoms. The Bertz CT molecular complexity index is 754. The molecule has 0 aromatic heterocycles. The minimum Gasteiger partial charge on any atom is -0.490 e. The van der Waals surface area contributed by atoms with E-state index in [1.807, 2.05) is 60.7 Å². The topological polar surface area (TPSA) is 21.7 Å². The fourth-order valence-electron chi connectivity index (χ4n) is 3.62. The smallest absolute Gasteiger partial charge is 0.175 e. The second-order valence-electron chi connectivity index (χ2n) is 6.78. The van der Waals surface area contributed by atoms with Gasteiger partial charge in [0, 0.05) is 25.1 Å². The fraction of sp³-hybridized carbons (Fsp3) is 0.304.